The minimum absolute atomic E-state index is 0.0193. The van der Waals surface area contributed by atoms with E-state index >= 15 is 0 Å². The summed E-state index contributed by atoms with van der Waals surface area (Å²) in [7, 11) is 0. The van der Waals surface area contributed by atoms with Crippen molar-refractivity contribution in [2.24, 2.45) is 0 Å². The number of fused-ring (bicyclic) bond motifs is 1. The van der Waals surface area contributed by atoms with E-state index in [9.17, 15) is 4.79 Å². The Bertz CT molecular complexity index is 816. The highest BCUT2D eigenvalue weighted by Gasteiger charge is 2.31. The van der Waals surface area contributed by atoms with Gasteiger partial charge in [0.05, 0.1) is 24.0 Å². The Morgan fingerprint density at radius 3 is 2.93 bits per heavy atom. The maximum absolute atomic E-state index is 13.0. The number of pyridine rings is 1. The normalized spacial score (nSPS) is 19.0. The van der Waals surface area contributed by atoms with Crippen molar-refractivity contribution in [3.8, 4) is 5.88 Å². The molecule has 3 heterocycles. The number of carbonyl (C=O) groups excluding carboxylic acids is 1. The third-order valence-corrected chi connectivity index (χ3v) is 4.55. The number of aryl methyl sites for hydroxylation is 1. The maximum Gasteiger partial charge on any atom is 0.270 e. The second kappa shape index (κ2) is 8.08. The zero-order chi connectivity index (χ0) is 19.6. The van der Waals surface area contributed by atoms with Gasteiger partial charge in [-0.05, 0) is 40.7 Å². The molecule has 0 radical (unpaired) electrons. The molecule has 1 amide bonds. The van der Waals surface area contributed by atoms with Gasteiger partial charge in [0, 0.05) is 36.8 Å². The first kappa shape index (κ1) is 19.4. The molecule has 2 aromatic heterocycles. The van der Waals surface area contributed by atoms with Gasteiger partial charge in [-0.1, -0.05) is 6.07 Å². The highest BCUT2D eigenvalue weighted by atomic mass is 16.5. The van der Waals surface area contributed by atoms with Crippen molar-refractivity contribution in [3.63, 3.8) is 0 Å². The zero-order valence-corrected chi connectivity index (χ0v) is 16.7. The molecule has 0 spiro atoms. The molecule has 7 heteroatoms. The van der Waals surface area contributed by atoms with E-state index in [0.717, 1.165) is 16.8 Å². The van der Waals surface area contributed by atoms with E-state index in [1.54, 1.807) is 10.9 Å². The van der Waals surface area contributed by atoms with Crippen molar-refractivity contribution in [2.45, 2.75) is 72.4 Å². The van der Waals surface area contributed by atoms with Gasteiger partial charge < -0.3 is 14.8 Å². The van der Waals surface area contributed by atoms with E-state index in [0.29, 0.717) is 31.1 Å². The molecule has 146 valence electrons. The van der Waals surface area contributed by atoms with Crippen LogP contribution in [-0.2, 0) is 24.2 Å². The van der Waals surface area contributed by atoms with Gasteiger partial charge >= 0.3 is 0 Å². The summed E-state index contributed by atoms with van der Waals surface area (Å²) >= 11 is 0. The molecule has 0 bridgehead atoms. The van der Waals surface area contributed by atoms with Gasteiger partial charge in [-0.2, -0.15) is 5.10 Å². The standard InChI is InChI=1S/C20H28N4O3/c1-6-24-18(16-10-13(4)27-14(5)17(16)23-24)19(25)22-11-15-8-7-9-21-20(15)26-12(2)3/h7-9,12-14H,6,10-11H2,1-5H3,(H,22,25)/t13-,14+/m0/s1. The number of aromatic nitrogens is 3. The molecule has 3 rings (SSSR count). The summed E-state index contributed by atoms with van der Waals surface area (Å²) in [4.78, 5) is 17.3. The predicted molar refractivity (Wildman–Crippen MR) is 102 cm³/mol. The fraction of sp³-hybridized carbons (Fsp3) is 0.550. The molecule has 0 saturated carbocycles. The number of amides is 1. The number of nitrogens with one attached hydrogen (secondary N) is 1. The molecule has 0 saturated heterocycles. The van der Waals surface area contributed by atoms with Gasteiger partial charge in [0.2, 0.25) is 5.88 Å². The van der Waals surface area contributed by atoms with Gasteiger partial charge in [-0.15, -0.1) is 0 Å². The molecule has 1 aliphatic heterocycles. The summed E-state index contributed by atoms with van der Waals surface area (Å²) in [6.07, 6.45) is 2.36. The van der Waals surface area contributed by atoms with Crippen LogP contribution in [0.25, 0.3) is 0 Å². The lowest BCUT2D eigenvalue weighted by Gasteiger charge is -2.24. The van der Waals surface area contributed by atoms with Crippen LogP contribution in [0.2, 0.25) is 0 Å². The van der Waals surface area contributed by atoms with Crippen molar-refractivity contribution in [1.82, 2.24) is 20.1 Å². The minimum atomic E-state index is -0.133. The smallest absolute Gasteiger partial charge is 0.270 e. The predicted octanol–water partition coefficient (Wildman–Crippen LogP) is 3.04. The molecule has 1 aliphatic rings. The summed E-state index contributed by atoms with van der Waals surface area (Å²) in [6, 6.07) is 3.75. The highest BCUT2D eigenvalue weighted by Crippen LogP contribution is 2.31. The molecule has 0 fully saturated rings. The largest absolute Gasteiger partial charge is 0.475 e. The fourth-order valence-corrected chi connectivity index (χ4v) is 3.42. The van der Waals surface area contributed by atoms with Gasteiger partial charge in [0.15, 0.2) is 0 Å². The second-order valence-electron chi connectivity index (χ2n) is 7.14. The zero-order valence-electron chi connectivity index (χ0n) is 16.7. The van der Waals surface area contributed by atoms with Gasteiger partial charge in [0.25, 0.3) is 5.91 Å². The average Bonchev–Trinajstić information content (AvgIpc) is 2.99. The van der Waals surface area contributed by atoms with Gasteiger partial charge in [0.1, 0.15) is 5.69 Å². The molecular formula is C20H28N4O3. The molecule has 7 nitrogen and oxygen atoms in total. The number of ether oxygens (including phenoxy) is 2. The lowest BCUT2D eigenvalue weighted by molar-refractivity contribution is -0.00712. The molecular weight excluding hydrogens is 344 g/mol. The Morgan fingerprint density at radius 1 is 1.44 bits per heavy atom. The number of nitrogens with zero attached hydrogens (tertiary/aromatic N) is 3. The van der Waals surface area contributed by atoms with Crippen molar-refractivity contribution in [1.29, 1.82) is 0 Å². The van der Waals surface area contributed by atoms with Crippen LogP contribution in [0, 0.1) is 0 Å². The number of hydrogen-bond donors (Lipinski definition) is 1. The third-order valence-electron chi connectivity index (χ3n) is 4.55. The van der Waals surface area contributed by atoms with E-state index < -0.39 is 0 Å². The molecule has 1 N–H and O–H groups in total. The summed E-state index contributed by atoms with van der Waals surface area (Å²) < 4.78 is 13.4. The number of carbonyl (C=O) groups is 1. The quantitative estimate of drug-likeness (QED) is 0.843. The Kier molecular flexibility index (Phi) is 5.79. The van der Waals surface area contributed by atoms with Gasteiger partial charge in [-0.25, -0.2) is 4.98 Å². The molecule has 27 heavy (non-hydrogen) atoms. The van der Waals surface area contributed by atoms with Crippen molar-refractivity contribution in [3.05, 3.63) is 40.8 Å². The Morgan fingerprint density at radius 2 is 2.22 bits per heavy atom. The Labute approximate surface area is 160 Å². The average molecular weight is 372 g/mol. The first-order valence-electron chi connectivity index (χ1n) is 9.54. The van der Waals surface area contributed by atoms with Crippen LogP contribution in [0.3, 0.4) is 0 Å². The van der Waals surface area contributed by atoms with Crippen LogP contribution in [-0.4, -0.2) is 32.9 Å². The molecule has 2 aromatic rings. The summed E-state index contributed by atoms with van der Waals surface area (Å²) in [5.74, 6) is 0.417. The number of rotatable bonds is 6. The SMILES string of the molecule is CCn1nc2c(c1C(=O)NCc1cccnc1OC(C)C)C[C@H](C)O[C@@H]2C. The van der Waals surface area contributed by atoms with E-state index in [1.807, 2.05) is 46.8 Å². The molecule has 0 aromatic carbocycles. The second-order valence-corrected chi connectivity index (χ2v) is 7.14. The van der Waals surface area contributed by atoms with Crippen LogP contribution < -0.4 is 10.1 Å². The maximum atomic E-state index is 13.0. The monoisotopic (exact) mass is 372 g/mol. The third kappa shape index (κ3) is 4.13. The number of hydrogen-bond acceptors (Lipinski definition) is 5. The highest BCUT2D eigenvalue weighted by molar-refractivity contribution is 5.94. The van der Waals surface area contributed by atoms with E-state index in [-0.39, 0.29) is 24.2 Å². The van der Waals surface area contributed by atoms with Crippen molar-refractivity contribution in [2.75, 3.05) is 0 Å². The van der Waals surface area contributed by atoms with E-state index in [1.165, 1.54) is 0 Å². The van der Waals surface area contributed by atoms with Crippen LogP contribution in [0.15, 0.2) is 18.3 Å². The van der Waals surface area contributed by atoms with Crippen LogP contribution in [0.4, 0.5) is 0 Å². The molecule has 2 atom stereocenters. The topological polar surface area (TPSA) is 78.3 Å². The Balaban J connectivity index is 1.82. The van der Waals surface area contributed by atoms with E-state index in [2.05, 4.69) is 15.4 Å². The summed E-state index contributed by atoms with van der Waals surface area (Å²) in [6.45, 7) is 10.9. The van der Waals surface area contributed by atoms with E-state index in [4.69, 9.17) is 9.47 Å². The Hall–Kier alpha value is -2.41. The summed E-state index contributed by atoms with van der Waals surface area (Å²) in [5, 5.41) is 7.62. The van der Waals surface area contributed by atoms with Crippen LogP contribution >= 0.6 is 0 Å². The first-order valence-corrected chi connectivity index (χ1v) is 9.54. The lowest BCUT2D eigenvalue weighted by atomic mass is 9.99. The molecule has 0 aliphatic carbocycles. The minimum Gasteiger partial charge on any atom is -0.475 e. The fourth-order valence-electron chi connectivity index (χ4n) is 3.42. The van der Waals surface area contributed by atoms with Crippen LogP contribution in [0.1, 0.15) is 68.0 Å². The van der Waals surface area contributed by atoms with Crippen LogP contribution in [0.5, 0.6) is 5.88 Å². The summed E-state index contributed by atoms with van der Waals surface area (Å²) in [5.41, 5.74) is 3.33. The van der Waals surface area contributed by atoms with Crippen molar-refractivity contribution >= 4 is 5.91 Å². The first-order chi connectivity index (χ1) is 12.9. The molecule has 0 unspecified atom stereocenters. The van der Waals surface area contributed by atoms with Crippen molar-refractivity contribution < 1.29 is 14.3 Å². The lowest BCUT2D eigenvalue weighted by Crippen LogP contribution is -2.29. The van der Waals surface area contributed by atoms with Gasteiger partial charge in [-0.3, -0.25) is 9.48 Å².